The fraction of sp³-hybridized carbons (Fsp3) is 0.238. The van der Waals surface area contributed by atoms with Crippen molar-refractivity contribution in [3.63, 3.8) is 0 Å². The molecule has 2 N–H and O–H groups in total. The lowest BCUT2D eigenvalue weighted by molar-refractivity contribution is 0.0996. The average molecular weight is 413 g/mol. The van der Waals surface area contributed by atoms with E-state index in [0.717, 1.165) is 22.1 Å². The number of nitrogens with zero attached hydrogens (tertiary/aromatic N) is 2. The van der Waals surface area contributed by atoms with Gasteiger partial charge >= 0.3 is 0 Å². The second-order valence-corrected chi connectivity index (χ2v) is 9.51. The monoisotopic (exact) mass is 413 g/mol. The molecule has 0 unspecified atom stereocenters. The zero-order valence-electron chi connectivity index (χ0n) is 15.6. The van der Waals surface area contributed by atoms with Crippen LogP contribution in [0.15, 0.2) is 48.5 Å². The van der Waals surface area contributed by atoms with Crippen LogP contribution in [0.4, 0.5) is 4.39 Å². The molecule has 1 aliphatic rings. The number of halogens is 1. The molecule has 0 spiro atoms. The summed E-state index contributed by atoms with van der Waals surface area (Å²) in [6.07, 6.45) is 0. The fourth-order valence-corrected chi connectivity index (χ4v) is 4.81. The summed E-state index contributed by atoms with van der Waals surface area (Å²) < 4.78 is 36.5. The van der Waals surface area contributed by atoms with Crippen LogP contribution in [0.5, 0.6) is 0 Å². The summed E-state index contributed by atoms with van der Waals surface area (Å²) in [5, 5.41) is 0.826. The van der Waals surface area contributed by atoms with Crippen LogP contribution in [0, 0.1) is 5.82 Å². The lowest BCUT2D eigenvalue weighted by atomic mass is 9.98. The summed E-state index contributed by atoms with van der Waals surface area (Å²) in [5.74, 6) is -0.645. The summed E-state index contributed by atoms with van der Waals surface area (Å²) in [6.45, 7) is 1.59. The third kappa shape index (κ3) is 4.28. The Kier molecular flexibility index (Phi) is 5.06. The van der Waals surface area contributed by atoms with Gasteiger partial charge in [0.1, 0.15) is 11.5 Å². The number of fused-ring (bicyclic) bond motifs is 1. The van der Waals surface area contributed by atoms with Crippen LogP contribution in [-0.2, 0) is 16.4 Å². The van der Waals surface area contributed by atoms with Crippen molar-refractivity contribution >= 4 is 26.6 Å². The predicted octanol–water partition coefficient (Wildman–Crippen LogP) is 2.37. The van der Waals surface area contributed by atoms with Crippen molar-refractivity contribution in [3.8, 4) is 11.1 Å². The van der Waals surface area contributed by atoms with Crippen molar-refractivity contribution in [2.75, 3.05) is 24.6 Å². The third-order valence-corrected chi connectivity index (χ3v) is 6.73. The van der Waals surface area contributed by atoms with Crippen LogP contribution in [-0.4, -0.2) is 48.8 Å². The highest BCUT2D eigenvalue weighted by molar-refractivity contribution is 7.91. The smallest absolute Gasteiger partial charge is 0.267 e. The topological polar surface area (TPSA) is 93.4 Å². The summed E-state index contributed by atoms with van der Waals surface area (Å²) >= 11 is 0. The van der Waals surface area contributed by atoms with Gasteiger partial charge in [-0.25, -0.2) is 17.8 Å². The number of pyridine rings is 1. The summed E-state index contributed by atoms with van der Waals surface area (Å²) in [4.78, 5) is 18.3. The van der Waals surface area contributed by atoms with Gasteiger partial charge in [0, 0.05) is 25.0 Å². The zero-order valence-corrected chi connectivity index (χ0v) is 16.5. The van der Waals surface area contributed by atoms with Gasteiger partial charge in [0.05, 0.1) is 17.0 Å². The number of amides is 1. The Labute approximate surface area is 168 Å². The second kappa shape index (κ2) is 7.53. The van der Waals surface area contributed by atoms with Gasteiger partial charge in [0.25, 0.3) is 5.91 Å². The highest BCUT2D eigenvalue weighted by Crippen LogP contribution is 2.30. The molecule has 8 heteroatoms. The number of hydrogen-bond donors (Lipinski definition) is 1. The van der Waals surface area contributed by atoms with Gasteiger partial charge < -0.3 is 5.73 Å². The van der Waals surface area contributed by atoms with Crippen molar-refractivity contribution in [1.29, 1.82) is 0 Å². The lowest BCUT2D eigenvalue weighted by Crippen LogP contribution is -2.39. The number of carbonyl (C=O) groups excluding carboxylic acids is 1. The predicted molar refractivity (Wildman–Crippen MR) is 110 cm³/mol. The molecular formula is C21H20FN3O3S. The second-order valence-electron chi connectivity index (χ2n) is 7.21. The van der Waals surface area contributed by atoms with E-state index in [-0.39, 0.29) is 23.0 Å². The Morgan fingerprint density at radius 3 is 2.41 bits per heavy atom. The van der Waals surface area contributed by atoms with E-state index in [2.05, 4.69) is 9.88 Å². The Balaban J connectivity index is 1.72. The van der Waals surface area contributed by atoms with Crippen LogP contribution in [0.1, 0.15) is 16.1 Å². The largest absolute Gasteiger partial charge is 0.364 e. The quantitative estimate of drug-likeness (QED) is 0.709. The Hall–Kier alpha value is -2.84. The third-order valence-electron chi connectivity index (χ3n) is 5.13. The van der Waals surface area contributed by atoms with Gasteiger partial charge in [-0.05, 0) is 41.0 Å². The zero-order chi connectivity index (χ0) is 20.6. The molecule has 150 valence electrons. The van der Waals surface area contributed by atoms with Gasteiger partial charge in [0.2, 0.25) is 0 Å². The van der Waals surface area contributed by atoms with E-state index in [1.807, 2.05) is 18.2 Å². The Morgan fingerprint density at radius 1 is 1.07 bits per heavy atom. The molecule has 1 saturated heterocycles. The number of carbonyl (C=O) groups is 1. The van der Waals surface area contributed by atoms with Crippen molar-refractivity contribution in [2.45, 2.75) is 6.54 Å². The van der Waals surface area contributed by atoms with E-state index in [4.69, 9.17) is 5.73 Å². The minimum absolute atomic E-state index is 0.137. The number of aromatic nitrogens is 1. The minimum atomic E-state index is -2.93. The molecule has 4 rings (SSSR count). The van der Waals surface area contributed by atoms with Gasteiger partial charge in [-0.1, -0.05) is 24.3 Å². The summed E-state index contributed by atoms with van der Waals surface area (Å²) in [6, 6.07) is 13.4. The highest BCUT2D eigenvalue weighted by Gasteiger charge is 2.21. The van der Waals surface area contributed by atoms with Gasteiger partial charge in [-0.3, -0.25) is 9.69 Å². The maximum absolute atomic E-state index is 13.3. The summed E-state index contributed by atoms with van der Waals surface area (Å²) in [5.41, 5.74) is 8.69. The number of sulfone groups is 1. The SMILES string of the molecule is NC(=O)c1cc(-c2ccc(F)cc2)c2ccc(CN3CCS(=O)(=O)CC3)cc2n1. The normalized spacial score (nSPS) is 16.7. The number of rotatable bonds is 4. The molecule has 1 fully saturated rings. The first-order valence-corrected chi connectivity index (χ1v) is 11.1. The molecule has 1 amide bonds. The Bertz CT molecular complexity index is 1180. The maximum atomic E-state index is 13.3. The molecule has 3 aromatic rings. The van der Waals surface area contributed by atoms with Gasteiger partial charge in [-0.2, -0.15) is 0 Å². The molecule has 1 aliphatic heterocycles. The molecule has 0 saturated carbocycles. The van der Waals surface area contributed by atoms with Crippen molar-refractivity contribution in [1.82, 2.24) is 9.88 Å². The number of hydrogen-bond acceptors (Lipinski definition) is 5. The standard InChI is InChI=1S/C21H20FN3O3S/c22-16-4-2-15(3-5-16)18-12-20(21(23)26)24-19-11-14(1-6-17(18)19)13-25-7-9-29(27,28)10-8-25/h1-6,11-12H,7-10,13H2,(H2,23,26). The van der Waals surface area contributed by atoms with Crippen molar-refractivity contribution < 1.29 is 17.6 Å². The first kappa shape index (κ1) is 19.5. The fourth-order valence-electron chi connectivity index (χ4n) is 3.53. The Morgan fingerprint density at radius 2 is 1.76 bits per heavy atom. The minimum Gasteiger partial charge on any atom is -0.364 e. The van der Waals surface area contributed by atoms with Gasteiger partial charge in [-0.15, -0.1) is 0 Å². The molecule has 0 bridgehead atoms. The number of nitrogens with two attached hydrogens (primary N) is 1. The van der Waals surface area contributed by atoms with E-state index in [1.165, 1.54) is 12.1 Å². The average Bonchev–Trinajstić information content (AvgIpc) is 2.69. The van der Waals surface area contributed by atoms with Crippen molar-refractivity contribution in [2.24, 2.45) is 5.73 Å². The van der Waals surface area contributed by atoms with Crippen LogP contribution in [0.25, 0.3) is 22.0 Å². The lowest BCUT2D eigenvalue weighted by Gasteiger charge is -2.26. The highest BCUT2D eigenvalue weighted by atomic mass is 32.2. The van der Waals surface area contributed by atoms with E-state index in [1.54, 1.807) is 18.2 Å². The molecular weight excluding hydrogens is 393 g/mol. The molecule has 6 nitrogen and oxygen atoms in total. The maximum Gasteiger partial charge on any atom is 0.267 e. The molecule has 29 heavy (non-hydrogen) atoms. The van der Waals surface area contributed by atoms with E-state index < -0.39 is 15.7 Å². The number of primary amides is 1. The van der Waals surface area contributed by atoms with Crippen LogP contribution < -0.4 is 5.73 Å². The van der Waals surface area contributed by atoms with E-state index >= 15 is 0 Å². The summed E-state index contributed by atoms with van der Waals surface area (Å²) in [7, 11) is -2.93. The first-order chi connectivity index (χ1) is 13.8. The van der Waals surface area contributed by atoms with Crippen LogP contribution in [0.2, 0.25) is 0 Å². The van der Waals surface area contributed by atoms with E-state index in [0.29, 0.717) is 25.2 Å². The number of benzene rings is 2. The molecule has 0 aliphatic carbocycles. The van der Waals surface area contributed by atoms with Crippen LogP contribution >= 0.6 is 0 Å². The van der Waals surface area contributed by atoms with Crippen molar-refractivity contribution in [3.05, 3.63) is 65.6 Å². The first-order valence-electron chi connectivity index (χ1n) is 9.23. The van der Waals surface area contributed by atoms with E-state index in [9.17, 15) is 17.6 Å². The molecule has 1 aromatic heterocycles. The molecule has 2 heterocycles. The molecule has 0 radical (unpaired) electrons. The van der Waals surface area contributed by atoms with Gasteiger partial charge in [0.15, 0.2) is 9.84 Å². The molecule has 0 atom stereocenters. The molecule has 2 aromatic carbocycles. The van der Waals surface area contributed by atoms with Crippen LogP contribution in [0.3, 0.4) is 0 Å².